The van der Waals surface area contributed by atoms with Gasteiger partial charge >= 0.3 is 0 Å². The van der Waals surface area contributed by atoms with Crippen LogP contribution in [0.3, 0.4) is 0 Å². The van der Waals surface area contributed by atoms with E-state index in [1.807, 2.05) is 30.2 Å². The lowest BCUT2D eigenvalue weighted by Crippen LogP contribution is -2.14. The molecule has 1 aromatic rings. The fourth-order valence-corrected chi connectivity index (χ4v) is 2.44. The summed E-state index contributed by atoms with van der Waals surface area (Å²) >= 11 is 5.31. The largest absolute Gasteiger partial charge is 0.309 e. The first-order valence-corrected chi connectivity index (χ1v) is 5.85. The van der Waals surface area contributed by atoms with Crippen LogP contribution in [0.2, 0.25) is 0 Å². The van der Waals surface area contributed by atoms with Crippen LogP contribution in [0.15, 0.2) is 27.8 Å². The fraction of sp³-hybridized carbons (Fsp3) is 0.444. The summed E-state index contributed by atoms with van der Waals surface area (Å²) in [6.07, 6.45) is 3.65. The molecule has 72 valence electrons. The molecule has 0 bridgehead atoms. The van der Waals surface area contributed by atoms with Gasteiger partial charge in [0.05, 0.1) is 0 Å². The lowest BCUT2D eigenvalue weighted by Gasteiger charge is -2.08. The molecule has 1 aromatic heterocycles. The lowest BCUT2D eigenvalue weighted by molar-refractivity contribution is 0.437. The molecule has 4 heteroatoms. The van der Waals surface area contributed by atoms with E-state index in [4.69, 9.17) is 0 Å². The Morgan fingerprint density at radius 3 is 2.92 bits per heavy atom. The molecule has 1 rings (SSSR count). The van der Waals surface area contributed by atoms with Crippen molar-refractivity contribution < 1.29 is 0 Å². The molecule has 0 N–H and O–H groups in total. The van der Waals surface area contributed by atoms with Gasteiger partial charge in [-0.05, 0) is 36.1 Å². The number of hydrogen-bond donors (Lipinski definition) is 0. The molecule has 13 heavy (non-hydrogen) atoms. The molecule has 1 heterocycles. The Morgan fingerprint density at radius 2 is 2.31 bits per heavy atom. The maximum atomic E-state index is 4.02. The van der Waals surface area contributed by atoms with Gasteiger partial charge in [0.15, 0.2) is 0 Å². The third-order valence-corrected chi connectivity index (χ3v) is 3.48. The van der Waals surface area contributed by atoms with Crippen LogP contribution in [-0.2, 0) is 0 Å². The molecule has 0 spiro atoms. The van der Waals surface area contributed by atoms with E-state index in [1.54, 1.807) is 0 Å². The van der Waals surface area contributed by atoms with E-state index in [9.17, 15) is 0 Å². The van der Waals surface area contributed by atoms with Crippen LogP contribution in [0.25, 0.3) is 0 Å². The molecule has 0 fully saturated rings. The van der Waals surface area contributed by atoms with Crippen molar-refractivity contribution in [2.45, 2.75) is 4.90 Å². The van der Waals surface area contributed by atoms with Crippen molar-refractivity contribution in [3.63, 3.8) is 0 Å². The van der Waals surface area contributed by atoms with Gasteiger partial charge in [0.2, 0.25) is 0 Å². The first-order valence-electron chi connectivity index (χ1n) is 4.07. The summed E-state index contributed by atoms with van der Waals surface area (Å²) in [5.41, 5.74) is 0. The molecule has 0 aliphatic rings. The van der Waals surface area contributed by atoms with E-state index in [-0.39, 0.29) is 0 Å². The van der Waals surface area contributed by atoms with Gasteiger partial charge in [0, 0.05) is 34.1 Å². The highest BCUT2D eigenvalue weighted by Gasteiger charge is 1.99. The van der Waals surface area contributed by atoms with Gasteiger partial charge in [-0.2, -0.15) is 0 Å². The predicted molar refractivity (Wildman–Crippen MR) is 61.2 cm³/mol. The van der Waals surface area contributed by atoms with Crippen molar-refractivity contribution in [2.24, 2.45) is 0 Å². The zero-order chi connectivity index (χ0) is 9.68. The smallest absolute Gasteiger partial charge is 0.0494 e. The molecule has 0 aliphatic heterocycles. The maximum Gasteiger partial charge on any atom is 0.0494 e. The Labute approximate surface area is 91.9 Å². The Kier molecular flexibility index (Phi) is 4.77. The molecular formula is C9H13BrN2S. The number of pyridine rings is 1. The van der Waals surface area contributed by atoms with Gasteiger partial charge in [-0.1, -0.05) is 0 Å². The van der Waals surface area contributed by atoms with Crippen LogP contribution in [0.5, 0.6) is 0 Å². The van der Waals surface area contributed by atoms with Crippen LogP contribution in [-0.4, -0.2) is 36.3 Å². The van der Waals surface area contributed by atoms with Gasteiger partial charge in [-0.15, -0.1) is 11.8 Å². The highest BCUT2D eigenvalue weighted by Crippen LogP contribution is 2.25. The average molecular weight is 261 g/mol. The molecule has 0 atom stereocenters. The van der Waals surface area contributed by atoms with Gasteiger partial charge in [0.1, 0.15) is 0 Å². The van der Waals surface area contributed by atoms with Crippen LogP contribution in [0.4, 0.5) is 0 Å². The Bertz CT molecular complexity index is 266. The minimum atomic E-state index is 1.08. The molecule has 2 nitrogen and oxygen atoms in total. The summed E-state index contributed by atoms with van der Waals surface area (Å²) in [6, 6.07) is 2.03. The van der Waals surface area contributed by atoms with E-state index in [0.29, 0.717) is 0 Å². The van der Waals surface area contributed by atoms with Crippen LogP contribution < -0.4 is 0 Å². The molecule has 0 radical (unpaired) electrons. The number of nitrogens with zero attached hydrogens (tertiary/aromatic N) is 2. The summed E-state index contributed by atoms with van der Waals surface area (Å²) < 4.78 is 1.08. The van der Waals surface area contributed by atoms with E-state index in [2.05, 4.69) is 39.9 Å². The monoisotopic (exact) mass is 260 g/mol. The predicted octanol–water partition coefficient (Wildman–Crippen LogP) is 2.50. The van der Waals surface area contributed by atoms with Crippen LogP contribution >= 0.6 is 27.7 Å². The third-order valence-electron chi connectivity index (χ3n) is 1.53. The highest BCUT2D eigenvalue weighted by molar-refractivity contribution is 9.10. The summed E-state index contributed by atoms with van der Waals surface area (Å²) in [5.74, 6) is 1.11. The number of hydrogen-bond acceptors (Lipinski definition) is 3. The molecule has 0 unspecified atom stereocenters. The van der Waals surface area contributed by atoms with Crippen molar-refractivity contribution >= 4 is 27.7 Å². The minimum Gasteiger partial charge on any atom is -0.309 e. The molecule has 0 amide bonds. The lowest BCUT2D eigenvalue weighted by atomic mass is 10.5. The number of halogens is 1. The molecular weight excluding hydrogens is 248 g/mol. The van der Waals surface area contributed by atoms with Crippen molar-refractivity contribution in [1.82, 2.24) is 9.88 Å². The van der Waals surface area contributed by atoms with E-state index in [1.165, 1.54) is 4.90 Å². The Hall–Kier alpha value is -0.0600. The zero-order valence-electron chi connectivity index (χ0n) is 7.83. The van der Waals surface area contributed by atoms with E-state index < -0.39 is 0 Å². The molecule has 0 aromatic carbocycles. The topological polar surface area (TPSA) is 16.1 Å². The van der Waals surface area contributed by atoms with Crippen molar-refractivity contribution in [1.29, 1.82) is 0 Å². The molecule has 0 saturated carbocycles. The SMILES string of the molecule is CN(C)CCSc1ccncc1Br. The van der Waals surface area contributed by atoms with Crippen molar-refractivity contribution in [2.75, 3.05) is 26.4 Å². The summed E-state index contributed by atoms with van der Waals surface area (Å²) in [5, 5.41) is 0. The van der Waals surface area contributed by atoms with Gasteiger partial charge in [0.25, 0.3) is 0 Å². The third kappa shape index (κ3) is 4.11. The van der Waals surface area contributed by atoms with Crippen molar-refractivity contribution in [3.05, 3.63) is 22.9 Å². The second kappa shape index (κ2) is 5.62. The minimum absolute atomic E-state index is 1.08. The van der Waals surface area contributed by atoms with Gasteiger partial charge in [-0.3, -0.25) is 4.98 Å². The summed E-state index contributed by atoms with van der Waals surface area (Å²) in [4.78, 5) is 7.46. The first kappa shape index (κ1) is 11.0. The van der Waals surface area contributed by atoms with E-state index >= 15 is 0 Å². The second-order valence-electron chi connectivity index (χ2n) is 2.96. The van der Waals surface area contributed by atoms with Crippen molar-refractivity contribution in [3.8, 4) is 0 Å². The highest BCUT2D eigenvalue weighted by atomic mass is 79.9. The fourth-order valence-electron chi connectivity index (χ4n) is 0.818. The zero-order valence-corrected chi connectivity index (χ0v) is 10.2. The first-order chi connectivity index (χ1) is 6.20. The molecule has 0 aliphatic carbocycles. The quantitative estimate of drug-likeness (QED) is 0.775. The van der Waals surface area contributed by atoms with Gasteiger partial charge in [-0.25, -0.2) is 0 Å². The Balaban J connectivity index is 2.41. The van der Waals surface area contributed by atoms with Gasteiger partial charge < -0.3 is 4.90 Å². The standard InChI is InChI=1S/C9H13BrN2S/c1-12(2)5-6-13-9-3-4-11-7-8(9)10/h3-4,7H,5-6H2,1-2H3. The average Bonchev–Trinajstić information content (AvgIpc) is 2.08. The maximum absolute atomic E-state index is 4.02. The molecule has 0 saturated heterocycles. The number of aromatic nitrogens is 1. The summed E-state index contributed by atoms with van der Waals surface area (Å²) in [6.45, 7) is 1.10. The Morgan fingerprint density at radius 1 is 1.54 bits per heavy atom. The normalized spacial score (nSPS) is 10.8. The summed E-state index contributed by atoms with van der Waals surface area (Å²) in [7, 11) is 4.17. The van der Waals surface area contributed by atoms with Crippen LogP contribution in [0.1, 0.15) is 0 Å². The van der Waals surface area contributed by atoms with E-state index in [0.717, 1.165) is 16.8 Å². The van der Waals surface area contributed by atoms with Crippen LogP contribution in [0, 0.1) is 0 Å². The second-order valence-corrected chi connectivity index (χ2v) is 4.95. The number of thioether (sulfide) groups is 1. The number of rotatable bonds is 4.